The number of hydrogen-bond acceptors (Lipinski definition) is 3. The second kappa shape index (κ2) is 6.52. The van der Waals surface area contributed by atoms with Gasteiger partial charge < -0.3 is 4.74 Å². The smallest absolute Gasteiger partial charge is 0.273 e. The lowest BCUT2D eigenvalue weighted by molar-refractivity contribution is 0.0800. The van der Waals surface area contributed by atoms with E-state index in [1.54, 1.807) is 44.6 Å². The molecular formula is C16H16N2O2. The average molecular weight is 268 g/mol. The van der Waals surface area contributed by atoms with Crippen molar-refractivity contribution in [2.75, 3.05) is 14.2 Å². The molecule has 1 amide bonds. The first kappa shape index (κ1) is 13.8. The van der Waals surface area contributed by atoms with E-state index in [1.165, 1.54) is 5.01 Å². The molecule has 0 atom stereocenters. The van der Waals surface area contributed by atoms with Crippen molar-refractivity contribution in [1.82, 2.24) is 5.01 Å². The number of carbonyl (C=O) groups is 1. The summed E-state index contributed by atoms with van der Waals surface area (Å²) in [4.78, 5) is 12.1. The van der Waals surface area contributed by atoms with Gasteiger partial charge in [0, 0.05) is 12.6 Å². The molecule has 0 unspecified atom stereocenters. The number of nitrogens with zero attached hydrogens (tertiary/aromatic N) is 2. The Balaban J connectivity index is 2.06. The van der Waals surface area contributed by atoms with Crippen molar-refractivity contribution in [2.24, 2.45) is 5.10 Å². The summed E-state index contributed by atoms with van der Waals surface area (Å²) in [5, 5.41) is 5.46. The lowest BCUT2D eigenvalue weighted by Gasteiger charge is -2.11. The topological polar surface area (TPSA) is 41.9 Å². The van der Waals surface area contributed by atoms with Gasteiger partial charge in [0.05, 0.1) is 13.3 Å². The van der Waals surface area contributed by atoms with E-state index < -0.39 is 0 Å². The average Bonchev–Trinajstić information content (AvgIpc) is 2.53. The number of carbonyl (C=O) groups excluding carboxylic acids is 1. The van der Waals surface area contributed by atoms with E-state index in [9.17, 15) is 4.79 Å². The Bertz CT molecular complexity index is 592. The first-order chi connectivity index (χ1) is 9.70. The molecule has 0 aliphatic heterocycles. The molecule has 2 rings (SSSR count). The highest BCUT2D eigenvalue weighted by Gasteiger charge is 2.10. The minimum atomic E-state index is -0.167. The summed E-state index contributed by atoms with van der Waals surface area (Å²) >= 11 is 0. The van der Waals surface area contributed by atoms with E-state index in [0.29, 0.717) is 5.56 Å². The Labute approximate surface area is 118 Å². The van der Waals surface area contributed by atoms with Gasteiger partial charge in [-0.3, -0.25) is 4.79 Å². The van der Waals surface area contributed by atoms with Gasteiger partial charge in [-0.25, -0.2) is 5.01 Å². The second-order valence-corrected chi connectivity index (χ2v) is 4.21. The molecule has 20 heavy (non-hydrogen) atoms. The van der Waals surface area contributed by atoms with E-state index >= 15 is 0 Å². The number of benzene rings is 2. The molecular weight excluding hydrogens is 252 g/mol. The number of hydrogen-bond donors (Lipinski definition) is 0. The van der Waals surface area contributed by atoms with Crippen LogP contribution in [-0.2, 0) is 0 Å². The van der Waals surface area contributed by atoms with E-state index in [4.69, 9.17) is 4.74 Å². The maximum absolute atomic E-state index is 12.1. The zero-order valence-corrected chi connectivity index (χ0v) is 11.5. The number of hydrazone groups is 1. The van der Waals surface area contributed by atoms with Crippen LogP contribution < -0.4 is 4.74 Å². The van der Waals surface area contributed by atoms with Crippen molar-refractivity contribution in [3.05, 3.63) is 65.7 Å². The highest BCUT2D eigenvalue weighted by Crippen LogP contribution is 2.12. The SMILES string of the molecule is COc1ccc(C(=O)N(C)/N=C/c2ccccc2)cc1. The van der Waals surface area contributed by atoms with Gasteiger partial charge in [-0.05, 0) is 29.8 Å². The lowest BCUT2D eigenvalue weighted by atomic mass is 10.2. The van der Waals surface area contributed by atoms with E-state index in [0.717, 1.165) is 11.3 Å². The Kier molecular flexibility index (Phi) is 4.50. The number of ether oxygens (including phenoxy) is 1. The quantitative estimate of drug-likeness (QED) is 0.632. The summed E-state index contributed by atoms with van der Waals surface area (Å²) in [6.07, 6.45) is 1.65. The molecule has 0 radical (unpaired) electrons. The third-order valence-electron chi connectivity index (χ3n) is 2.81. The van der Waals surface area contributed by atoms with Crippen LogP contribution in [0.25, 0.3) is 0 Å². The van der Waals surface area contributed by atoms with E-state index in [1.807, 2.05) is 30.3 Å². The lowest BCUT2D eigenvalue weighted by Crippen LogP contribution is -2.21. The summed E-state index contributed by atoms with van der Waals surface area (Å²) < 4.78 is 5.06. The Morgan fingerprint density at radius 2 is 1.75 bits per heavy atom. The summed E-state index contributed by atoms with van der Waals surface area (Å²) in [7, 11) is 3.22. The van der Waals surface area contributed by atoms with Crippen LogP contribution in [0.5, 0.6) is 5.75 Å². The molecule has 102 valence electrons. The molecule has 4 heteroatoms. The van der Waals surface area contributed by atoms with Gasteiger partial charge in [-0.1, -0.05) is 30.3 Å². The molecule has 0 aliphatic rings. The van der Waals surface area contributed by atoms with Gasteiger partial charge in [0.25, 0.3) is 5.91 Å². The third kappa shape index (κ3) is 3.45. The highest BCUT2D eigenvalue weighted by molar-refractivity contribution is 5.94. The van der Waals surface area contributed by atoms with Crippen molar-refractivity contribution in [1.29, 1.82) is 0 Å². The van der Waals surface area contributed by atoms with Crippen LogP contribution in [0.1, 0.15) is 15.9 Å². The fourth-order valence-electron chi connectivity index (χ4n) is 1.67. The van der Waals surface area contributed by atoms with Gasteiger partial charge in [-0.2, -0.15) is 5.10 Å². The molecule has 4 nitrogen and oxygen atoms in total. The van der Waals surface area contributed by atoms with Crippen LogP contribution in [0, 0.1) is 0 Å². The van der Waals surface area contributed by atoms with Gasteiger partial charge in [0.1, 0.15) is 5.75 Å². The summed E-state index contributed by atoms with van der Waals surface area (Å²) in [5.74, 6) is 0.553. The molecule has 0 fully saturated rings. The Morgan fingerprint density at radius 1 is 1.10 bits per heavy atom. The largest absolute Gasteiger partial charge is 0.497 e. The van der Waals surface area contributed by atoms with Crippen LogP contribution in [0.4, 0.5) is 0 Å². The van der Waals surface area contributed by atoms with Gasteiger partial charge in [0.2, 0.25) is 0 Å². The van der Waals surface area contributed by atoms with Crippen LogP contribution >= 0.6 is 0 Å². The highest BCUT2D eigenvalue weighted by atomic mass is 16.5. The number of amides is 1. The van der Waals surface area contributed by atoms with Gasteiger partial charge >= 0.3 is 0 Å². The third-order valence-corrected chi connectivity index (χ3v) is 2.81. The molecule has 2 aromatic carbocycles. The van der Waals surface area contributed by atoms with Crippen LogP contribution in [0.3, 0.4) is 0 Å². The predicted octanol–water partition coefficient (Wildman–Crippen LogP) is 2.80. The number of methoxy groups -OCH3 is 1. The standard InChI is InChI=1S/C16H16N2O2/c1-18(17-12-13-6-4-3-5-7-13)16(19)14-8-10-15(20-2)11-9-14/h3-12H,1-2H3/b17-12+. The zero-order chi connectivity index (χ0) is 14.4. The van der Waals surface area contributed by atoms with Crippen molar-refractivity contribution < 1.29 is 9.53 Å². The van der Waals surface area contributed by atoms with E-state index in [-0.39, 0.29) is 5.91 Å². The summed E-state index contributed by atoms with van der Waals surface area (Å²) in [6, 6.07) is 16.6. The fourth-order valence-corrected chi connectivity index (χ4v) is 1.67. The maximum Gasteiger partial charge on any atom is 0.273 e. The molecule has 0 aliphatic carbocycles. The maximum atomic E-state index is 12.1. The molecule has 0 aromatic heterocycles. The molecule has 0 saturated carbocycles. The van der Waals surface area contributed by atoms with Gasteiger partial charge in [-0.15, -0.1) is 0 Å². The minimum absolute atomic E-state index is 0.167. The molecule has 0 saturated heterocycles. The van der Waals surface area contributed by atoms with Crippen LogP contribution in [0.15, 0.2) is 59.7 Å². The summed E-state index contributed by atoms with van der Waals surface area (Å²) in [5.41, 5.74) is 1.51. The normalized spacial score (nSPS) is 10.5. The Morgan fingerprint density at radius 3 is 2.35 bits per heavy atom. The van der Waals surface area contributed by atoms with Gasteiger partial charge in [0.15, 0.2) is 0 Å². The zero-order valence-electron chi connectivity index (χ0n) is 11.5. The molecule has 0 N–H and O–H groups in total. The van der Waals surface area contributed by atoms with E-state index in [2.05, 4.69) is 5.10 Å². The first-order valence-electron chi connectivity index (χ1n) is 6.22. The van der Waals surface area contributed by atoms with Crippen molar-refractivity contribution in [3.8, 4) is 5.75 Å². The molecule has 0 spiro atoms. The van der Waals surface area contributed by atoms with Crippen LogP contribution in [0.2, 0.25) is 0 Å². The van der Waals surface area contributed by atoms with Crippen molar-refractivity contribution >= 4 is 12.1 Å². The Hall–Kier alpha value is -2.62. The van der Waals surface area contributed by atoms with Crippen molar-refractivity contribution in [3.63, 3.8) is 0 Å². The predicted molar refractivity (Wildman–Crippen MR) is 79.1 cm³/mol. The monoisotopic (exact) mass is 268 g/mol. The second-order valence-electron chi connectivity index (χ2n) is 4.21. The molecule has 0 bridgehead atoms. The molecule has 0 heterocycles. The first-order valence-corrected chi connectivity index (χ1v) is 6.22. The fraction of sp³-hybridized carbons (Fsp3) is 0.125. The summed E-state index contributed by atoms with van der Waals surface area (Å²) in [6.45, 7) is 0. The van der Waals surface area contributed by atoms with Crippen molar-refractivity contribution in [2.45, 2.75) is 0 Å². The minimum Gasteiger partial charge on any atom is -0.497 e. The molecule has 2 aromatic rings. The number of rotatable bonds is 4. The van der Waals surface area contributed by atoms with Crippen LogP contribution in [-0.4, -0.2) is 31.3 Å².